The Morgan fingerprint density at radius 1 is 1.50 bits per heavy atom. The van der Waals surface area contributed by atoms with Crippen molar-refractivity contribution in [3.05, 3.63) is 30.0 Å². The zero-order chi connectivity index (χ0) is 11.5. The largest absolute Gasteiger partial charge is 0.507 e. The lowest BCUT2D eigenvalue weighted by molar-refractivity contribution is 0.112. The Morgan fingerprint density at radius 2 is 2.31 bits per heavy atom. The number of aldehydes is 1. The minimum atomic E-state index is -0.108. The molecule has 0 aliphatic rings. The quantitative estimate of drug-likeness (QED) is 0.772. The zero-order valence-corrected chi connectivity index (χ0v) is 8.49. The van der Waals surface area contributed by atoms with E-state index in [1.54, 1.807) is 6.07 Å². The Bertz CT molecular complexity index is 522. The summed E-state index contributed by atoms with van der Waals surface area (Å²) in [6.07, 6.45) is 2.03. The lowest BCUT2D eigenvalue weighted by Crippen LogP contribution is -1.99. The van der Waals surface area contributed by atoms with Gasteiger partial charge in [0, 0.05) is 6.07 Å². The molecule has 0 amide bonds. The number of rotatable bonds is 3. The smallest absolute Gasteiger partial charge is 0.253 e. The average molecular weight is 219 g/mol. The Morgan fingerprint density at radius 3 is 2.88 bits per heavy atom. The summed E-state index contributed by atoms with van der Waals surface area (Å²) in [5.41, 5.74) is 0.772. The van der Waals surface area contributed by atoms with E-state index in [9.17, 15) is 9.90 Å². The minimum absolute atomic E-state index is 0.108. The van der Waals surface area contributed by atoms with Crippen LogP contribution in [-0.2, 0) is 0 Å². The normalized spacial score (nSPS) is 10.1. The zero-order valence-electron chi connectivity index (χ0n) is 8.49. The molecule has 1 N–H and O–H groups in total. The number of carbonyl (C=O) groups excluding carboxylic acids is 1. The molecule has 0 bridgehead atoms. The summed E-state index contributed by atoms with van der Waals surface area (Å²) in [7, 11) is 1.49. The summed E-state index contributed by atoms with van der Waals surface area (Å²) in [4.78, 5) is 11.8. The van der Waals surface area contributed by atoms with Gasteiger partial charge in [-0.2, -0.15) is 5.10 Å². The maximum atomic E-state index is 10.5. The second-order valence-corrected chi connectivity index (χ2v) is 3.04. The van der Waals surface area contributed by atoms with Crippen molar-refractivity contribution < 1.29 is 14.6 Å². The molecule has 0 radical (unpaired) electrons. The molecule has 0 unspecified atom stereocenters. The highest BCUT2D eigenvalue weighted by atomic mass is 16.5. The second-order valence-electron chi connectivity index (χ2n) is 3.04. The van der Waals surface area contributed by atoms with Crippen molar-refractivity contribution in [2.24, 2.45) is 0 Å². The molecular formula is C10H9N3O3. The first-order chi connectivity index (χ1) is 7.74. The standard InChI is InChI=1S/C10H9N3O3/c1-16-10-5-11-13(12-10)8-3-2-7(6-14)9(15)4-8/h2-6,15H,1H3. The molecule has 2 aromatic rings. The van der Waals surface area contributed by atoms with Crippen LogP contribution in [0, 0.1) is 0 Å². The number of phenols is 1. The number of phenolic OH excluding ortho intramolecular Hbond substituents is 1. The molecule has 0 fully saturated rings. The Labute approximate surface area is 91.1 Å². The fourth-order valence-electron chi connectivity index (χ4n) is 1.22. The van der Waals surface area contributed by atoms with E-state index in [0.29, 0.717) is 17.9 Å². The maximum absolute atomic E-state index is 10.5. The molecule has 1 aromatic heterocycles. The summed E-state index contributed by atoms with van der Waals surface area (Å²) in [6.45, 7) is 0. The molecule has 2 rings (SSSR count). The van der Waals surface area contributed by atoms with Crippen molar-refractivity contribution in [3.63, 3.8) is 0 Å². The van der Waals surface area contributed by atoms with Crippen molar-refractivity contribution in [2.75, 3.05) is 7.11 Å². The highest BCUT2D eigenvalue weighted by molar-refractivity contribution is 5.79. The van der Waals surface area contributed by atoms with Crippen molar-refractivity contribution in [3.8, 4) is 17.3 Å². The summed E-state index contributed by atoms with van der Waals surface area (Å²) >= 11 is 0. The van der Waals surface area contributed by atoms with Gasteiger partial charge in [0.05, 0.1) is 18.4 Å². The molecular weight excluding hydrogens is 210 g/mol. The molecule has 0 atom stereocenters. The van der Waals surface area contributed by atoms with Gasteiger partial charge in [0.25, 0.3) is 5.88 Å². The van der Waals surface area contributed by atoms with Gasteiger partial charge in [-0.3, -0.25) is 4.79 Å². The third-order valence-electron chi connectivity index (χ3n) is 2.05. The Kier molecular flexibility index (Phi) is 2.55. The van der Waals surface area contributed by atoms with Crippen LogP contribution in [0.5, 0.6) is 11.6 Å². The van der Waals surface area contributed by atoms with Gasteiger partial charge in [-0.05, 0) is 12.1 Å². The summed E-state index contributed by atoms with van der Waals surface area (Å²) in [5.74, 6) is 0.266. The summed E-state index contributed by atoms with van der Waals surface area (Å²) in [6, 6.07) is 4.53. The van der Waals surface area contributed by atoms with E-state index in [2.05, 4.69) is 10.2 Å². The molecule has 82 valence electrons. The number of nitrogens with zero attached hydrogens (tertiary/aromatic N) is 3. The molecule has 0 aliphatic heterocycles. The average Bonchev–Trinajstić information content (AvgIpc) is 2.77. The van der Waals surface area contributed by atoms with Crippen LogP contribution < -0.4 is 4.74 Å². The molecule has 0 saturated carbocycles. The van der Waals surface area contributed by atoms with E-state index in [1.807, 2.05) is 0 Å². The van der Waals surface area contributed by atoms with Gasteiger partial charge in [-0.25, -0.2) is 0 Å². The monoisotopic (exact) mass is 219 g/mol. The number of carbonyl (C=O) groups is 1. The molecule has 1 aromatic carbocycles. The predicted molar refractivity (Wildman–Crippen MR) is 55.0 cm³/mol. The van der Waals surface area contributed by atoms with Gasteiger partial charge in [-0.1, -0.05) is 0 Å². The lowest BCUT2D eigenvalue weighted by atomic mass is 10.2. The molecule has 0 spiro atoms. The van der Waals surface area contributed by atoms with Crippen LogP contribution in [0.3, 0.4) is 0 Å². The van der Waals surface area contributed by atoms with Crippen LogP contribution in [-0.4, -0.2) is 33.5 Å². The summed E-state index contributed by atoms with van der Waals surface area (Å²) in [5, 5.41) is 17.4. The maximum Gasteiger partial charge on any atom is 0.253 e. The highest BCUT2D eigenvalue weighted by Crippen LogP contribution is 2.19. The number of methoxy groups -OCH3 is 1. The number of hydrogen-bond donors (Lipinski definition) is 1. The van der Waals surface area contributed by atoms with E-state index < -0.39 is 0 Å². The van der Waals surface area contributed by atoms with Crippen LogP contribution in [0.15, 0.2) is 24.4 Å². The number of ether oxygens (including phenoxy) is 1. The fraction of sp³-hybridized carbons (Fsp3) is 0.100. The van der Waals surface area contributed by atoms with E-state index in [0.717, 1.165) is 0 Å². The van der Waals surface area contributed by atoms with Crippen LogP contribution in [0.1, 0.15) is 10.4 Å². The van der Waals surface area contributed by atoms with Crippen LogP contribution in [0.25, 0.3) is 5.69 Å². The van der Waals surface area contributed by atoms with Crippen molar-refractivity contribution >= 4 is 6.29 Å². The first-order valence-electron chi connectivity index (χ1n) is 4.49. The van der Waals surface area contributed by atoms with Crippen molar-refractivity contribution in [1.82, 2.24) is 15.0 Å². The lowest BCUT2D eigenvalue weighted by Gasteiger charge is -2.01. The number of hydrogen-bond acceptors (Lipinski definition) is 5. The van der Waals surface area contributed by atoms with Gasteiger partial charge in [0.15, 0.2) is 6.29 Å². The van der Waals surface area contributed by atoms with Gasteiger partial charge in [0.2, 0.25) is 0 Å². The number of aromatic hydroxyl groups is 1. The fourth-order valence-corrected chi connectivity index (χ4v) is 1.22. The third-order valence-corrected chi connectivity index (χ3v) is 2.05. The van der Waals surface area contributed by atoms with E-state index >= 15 is 0 Å². The Balaban J connectivity index is 2.40. The topological polar surface area (TPSA) is 77.2 Å². The molecule has 0 aliphatic carbocycles. The van der Waals surface area contributed by atoms with Crippen LogP contribution >= 0.6 is 0 Å². The van der Waals surface area contributed by atoms with Crippen molar-refractivity contribution in [1.29, 1.82) is 0 Å². The van der Waals surface area contributed by atoms with E-state index in [-0.39, 0.29) is 11.3 Å². The molecule has 6 heteroatoms. The SMILES string of the molecule is COc1cnn(-c2ccc(C=O)c(O)c2)n1. The minimum Gasteiger partial charge on any atom is -0.507 e. The van der Waals surface area contributed by atoms with Crippen LogP contribution in [0.2, 0.25) is 0 Å². The molecule has 6 nitrogen and oxygen atoms in total. The van der Waals surface area contributed by atoms with Gasteiger partial charge in [0.1, 0.15) is 11.9 Å². The van der Waals surface area contributed by atoms with Gasteiger partial charge in [-0.15, -0.1) is 9.90 Å². The summed E-state index contributed by atoms with van der Waals surface area (Å²) < 4.78 is 4.88. The number of benzene rings is 1. The van der Waals surface area contributed by atoms with Crippen molar-refractivity contribution in [2.45, 2.75) is 0 Å². The highest BCUT2D eigenvalue weighted by Gasteiger charge is 2.06. The molecule has 16 heavy (non-hydrogen) atoms. The van der Waals surface area contributed by atoms with E-state index in [1.165, 1.54) is 30.2 Å². The van der Waals surface area contributed by atoms with Crippen LogP contribution in [0.4, 0.5) is 0 Å². The van der Waals surface area contributed by atoms with E-state index in [4.69, 9.17) is 4.74 Å². The third kappa shape index (κ3) is 1.72. The second kappa shape index (κ2) is 4.01. The van der Waals surface area contributed by atoms with Gasteiger partial charge < -0.3 is 9.84 Å². The first kappa shape index (κ1) is 10.2. The van der Waals surface area contributed by atoms with Gasteiger partial charge >= 0.3 is 0 Å². The predicted octanol–water partition coefficient (Wildman–Crippen LogP) is 0.794. The number of aromatic nitrogens is 3. The molecule has 1 heterocycles. The Hall–Kier alpha value is -2.37. The first-order valence-corrected chi connectivity index (χ1v) is 4.49. The molecule has 0 saturated heterocycles.